The van der Waals surface area contributed by atoms with E-state index in [9.17, 15) is 14.7 Å². The fraction of sp³-hybridized carbons (Fsp3) is 0.208. The molecule has 1 fully saturated rings. The molecule has 2 heterocycles. The van der Waals surface area contributed by atoms with Gasteiger partial charge in [-0.05, 0) is 49.4 Å². The zero-order chi connectivity index (χ0) is 21.8. The van der Waals surface area contributed by atoms with Gasteiger partial charge < -0.3 is 20.2 Å². The third kappa shape index (κ3) is 4.66. The first kappa shape index (κ1) is 20.4. The molecule has 4 rings (SSSR count). The Morgan fingerprint density at radius 3 is 2.35 bits per heavy atom. The summed E-state index contributed by atoms with van der Waals surface area (Å²) in [5.41, 5.74) is 2.96. The normalized spacial score (nSPS) is 13.7. The Hall–Kier alpha value is -3.87. The van der Waals surface area contributed by atoms with Crippen molar-refractivity contribution < 1.29 is 14.7 Å². The fourth-order valence-electron chi connectivity index (χ4n) is 3.74. The van der Waals surface area contributed by atoms with Gasteiger partial charge in [0.2, 0.25) is 0 Å². The van der Waals surface area contributed by atoms with Gasteiger partial charge in [0.15, 0.2) is 0 Å². The predicted octanol–water partition coefficient (Wildman–Crippen LogP) is 3.67. The first-order valence-corrected chi connectivity index (χ1v) is 10.2. The highest BCUT2D eigenvalue weighted by Crippen LogP contribution is 2.29. The van der Waals surface area contributed by atoms with Gasteiger partial charge in [-0.3, -0.25) is 4.79 Å². The summed E-state index contributed by atoms with van der Waals surface area (Å²) in [5.74, 6) is -0.353. The van der Waals surface area contributed by atoms with E-state index in [0.717, 1.165) is 43.2 Å². The molecule has 0 radical (unpaired) electrons. The summed E-state index contributed by atoms with van der Waals surface area (Å²) in [5, 5.41) is 12.3. The van der Waals surface area contributed by atoms with Crippen molar-refractivity contribution in [1.29, 1.82) is 0 Å². The highest BCUT2D eigenvalue weighted by Gasteiger charge is 2.22. The number of piperazine rings is 1. The third-order valence-corrected chi connectivity index (χ3v) is 5.37. The quantitative estimate of drug-likeness (QED) is 0.660. The van der Waals surface area contributed by atoms with E-state index in [1.165, 1.54) is 6.07 Å². The Kier molecular flexibility index (Phi) is 5.84. The van der Waals surface area contributed by atoms with Crippen LogP contribution in [0.4, 0.5) is 17.2 Å². The van der Waals surface area contributed by atoms with Crippen LogP contribution in [0.1, 0.15) is 26.3 Å². The van der Waals surface area contributed by atoms with Crippen LogP contribution < -0.4 is 15.1 Å². The van der Waals surface area contributed by atoms with E-state index >= 15 is 0 Å². The highest BCUT2D eigenvalue weighted by atomic mass is 16.4. The van der Waals surface area contributed by atoms with Crippen molar-refractivity contribution in [2.75, 3.05) is 41.3 Å². The van der Waals surface area contributed by atoms with E-state index in [-0.39, 0.29) is 11.5 Å². The SMILES string of the molecule is Cc1cccc(C(=O)Nc2cc(C(=O)O)ccc2N2CCN(c3ccccn3)CC2)c1. The van der Waals surface area contributed by atoms with Crippen LogP contribution in [0.15, 0.2) is 66.9 Å². The molecule has 1 aromatic heterocycles. The molecule has 7 heteroatoms. The molecular weight excluding hydrogens is 392 g/mol. The number of benzene rings is 2. The van der Waals surface area contributed by atoms with Gasteiger partial charge in [0.05, 0.1) is 16.9 Å². The number of carboxylic acid groups (broad SMARTS) is 1. The summed E-state index contributed by atoms with van der Waals surface area (Å²) in [7, 11) is 0. The molecule has 0 aliphatic carbocycles. The van der Waals surface area contributed by atoms with E-state index in [4.69, 9.17) is 0 Å². The van der Waals surface area contributed by atoms with E-state index in [1.807, 2.05) is 43.3 Å². The molecule has 7 nitrogen and oxygen atoms in total. The van der Waals surface area contributed by atoms with Crippen molar-refractivity contribution in [3.05, 3.63) is 83.6 Å². The smallest absolute Gasteiger partial charge is 0.335 e. The number of rotatable bonds is 5. The number of nitrogens with one attached hydrogen (secondary N) is 1. The zero-order valence-electron chi connectivity index (χ0n) is 17.3. The van der Waals surface area contributed by atoms with Crippen LogP contribution in [0.5, 0.6) is 0 Å². The van der Waals surface area contributed by atoms with Crippen molar-refractivity contribution in [1.82, 2.24) is 4.98 Å². The number of aromatic carboxylic acids is 1. The van der Waals surface area contributed by atoms with Crippen LogP contribution in [-0.2, 0) is 0 Å². The summed E-state index contributed by atoms with van der Waals surface area (Å²) in [4.78, 5) is 33.1. The van der Waals surface area contributed by atoms with E-state index < -0.39 is 5.97 Å². The van der Waals surface area contributed by atoms with Gasteiger partial charge in [0.25, 0.3) is 5.91 Å². The monoisotopic (exact) mass is 416 g/mol. The van der Waals surface area contributed by atoms with Crippen LogP contribution in [0.2, 0.25) is 0 Å². The van der Waals surface area contributed by atoms with Gasteiger partial charge in [0, 0.05) is 37.9 Å². The summed E-state index contributed by atoms with van der Waals surface area (Å²) in [6.07, 6.45) is 1.78. The van der Waals surface area contributed by atoms with E-state index in [1.54, 1.807) is 24.4 Å². The maximum atomic E-state index is 12.8. The van der Waals surface area contributed by atoms with Crippen molar-refractivity contribution in [2.24, 2.45) is 0 Å². The van der Waals surface area contributed by atoms with Crippen molar-refractivity contribution in [2.45, 2.75) is 6.92 Å². The van der Waals surface area contributed by atoms with Crippen molar-refractivity contribution in [3.63, 3.8) is 0 Å². The first-order chi connectivity index (χ1) is 15.0. The molecule has 1 aliphatic rings. The number of hydrogen-bond donors (Lipinski definition) is 2. The second-order valence-corrected chi connectivity index (χ2v) is 7.52. The lowest BCUT2D eigenvalue weighted by molar-refractivity contribution is 0.0696. The largest absolute Gasteiger partial charge is 0.478 e. The van der Waals surface area contributed by atoms with Gasteiger partial charge >= 0.3 is 5.97 Å². The molecule has 0 unspecified atom stereocenters. The molecule has 2 aromatic carbocycles. The van der Waals surface area contributed by atoms with Gasteiger partial charge in [-0.15, -0.1) is 0 Å². The van der Waals surface area contributed by atoms with E-state index in [0.29, 0.717) is 11.3 Å². The lowest BCUT2D eigenvalue weighted by atomic mass is 10.1. The molecule has 0 atom stereocenters. The number of hydrogen-bond acceptors (Lipinski definition) is 5. The number of amides is 1. The second kappa shape index (κ2) is 8.87. The molecule has 0 bridgehead atoms. The van der Waals surface area contributed by atoms with Crippen LogP contribution >= 0.6 is 0 Å². The molecule has 2 N–H and O–H groups in total. The second-order valence-electron chi connectivity index (χ2n) is 7.52. The average molecular weight is 416 g/mol. The van der Waals surface area contributed by atoms with Crippen molar-refractivity contribution in [3.8, 4) is 0 Å². The molecule has 31 heavy (non-hydrogen) atoms. The average Bonchev–Trinajstić information content (AvgIpc) is 2.80. The van der Waals surface area contributed by atoms with Crippen molar-refractivity contribution >= 4 is 29.1 Å². The first-order valence-electron chi connectivity index (χ1n) is 10.2. The number of carbonyl (C=O) groups excluding carboxylic acids is 1. The highest BCUT2D eigenvalue weighted by molar-refractivity contribution is 6.06. The van der Waals surface area contributed by atoms with Crippen LogP contribution in [0.25, 0.3) is 0 Å². The zero-order valence-corrected chi connectivity index (χ0v) is 17.3. The standard InChI is InChI=1S/C24H24N4O3/c1-17-5-4-6-18(15-17)23(29)26-20-16-19(24(30)31)8-9-21(20)27-11-13-28(14-12-27)22-7-2-3-10-25-22/h2-10,15-16H,11-14H2,1H3,(H,26,29)(H,30,31). The molecule has 1 amide bonds. The number of aryl methyl sites for hydroxylation is 1. The summed E-state index contributed by atoms with van der Waals surface area (Å²) in [6, 6.07) is 18.0. The Bertz CT molecular complexity index is 1090. The lowest BCUT2D eigenvalue weighted by Crippen LogP contribution is -2.47. The molecular formula is C24H24N4O3. The summed E-state index contributed by atoms with van der Waals surface area (Å²) in [6.45, 7) is 4.95. The molecule has 3 aromatic rings. The summed E-state index contributed by atoms with van der Waals surface area (Å²) >= 11 is 0. The van der Waals surface area contributed by atoms with Gasteiger partial charge in [-0.2, -0.15) is 0 Å². The minimum atomic E-state index is -1.03. The lowest BCUT2D eigenvalue weighted by Gasteiger charge is -2.37. The summed E-state index contributed by atoms with van der Waals surface area (Å²) < 4.78 is 0. The Labute approximate surface area is 181 Å². The van der Waals surface area contributed by atoms with Crippen LogP contribution in [-0.4, -0.2) is 48.1 Å². The van der Waals surface area contributed by atoms with Gasteiger partial charge in [-0.1, -0.05) is 23.8 Å². The predicted molar refractivity (Wildman–Crippen MR) is 121 cm³/mol. The molecule has 158 valence electrons. The number of aromatic nitrogens is 1. The minimum absolute atomic E-state index is 0.135. The topological polar surface area (TPSA) is 85.8 Å². The third-order valence-electron chi connectivity index (χ3n) is 5.37. The van der Waals surface area contributed by atoms with Crippen LogP contribution in [0, 0.1) is 6.92 Å². The Morgan fingerprint density at radius 1 is 0.903 bits per heavy atom. The number of carbonyl (C=O) groups is 2. The molecule has 0 saturated carbocycles. The minimum Gasteiger partial charge on any atom is -0.478 e. The van der Waals surface area contributed by atoms with Gasteiger partial charge in [0.1, 0.15) is 5.82 Å². The fourth-order valence-corrected chi connectivity index (χ4v) is 3.74. The number of anilines is 3. The van der Waals surface area contributed by atoms with Crippen LogP contribution in [0.3, 0.4) is 0 Å². The molecule has 1 aliphatic heterocycles. The maximum Gasteiger partial charge on any atom is 0.335 e. The number of carboxylic acids is 1. The number of nitrogens with zero attached hydrogens (tertiary/aromatic N) is 3. The molecule has 0 spiro atoms. The Balaban J connectivity index is 1.56. The van der Waals surface area contributed by atoms with E-state index in [2.05, 4.69) is 20.1 Å². The number of pyridine rings is 1. The maximum absolute atomic E-state index is 12.8. The molecule has 1 saturated heterocycles. The van der Waals surface area contributed by atoms with Gasteiger partial charge in [-0.25, -0.2) is 9.78 Å². The Morgan fingerprint density at radius 2 is 1.68 bits per heavy atom.